The summed E-state index contributed by atoms with van der Waals surface area (Å²) < 4.78 is 0. The maximum atomic E-state index is 11.9. The number of carbonyl (C=O) groups is 1. The average Bonchev–Trinajstić information content (AvgIpc) is 3.01. The van der Waals surface area contributed by atoms with Gasteiger partial charge in [-0.25, -0.2) is 9.78 Å². The molecule has 0 aliphatic heterocycles. The number of pyridine rings is 1. The van der Waals surface area contributed by atoms with Crippen molar-refractivity contribution in [2.45, 2.75) is 18.4 Å². The summed E-state index contributed by atoms with van der Waals surface area (Å²) in [5.74, 6) is -0.356. The summed E-state index contributed by atoms with van der Waals surface area (Å²) >= 11 is 0. The van der Waals surface area contributed by atoms with E-state index in [-0.39, 0.29) is 11.6 Å². The van der Waals surface area contributed by atoms with Gasteiger partial charge in [0.1, 0.15) is 5.54 Å². The lowest BCUT2D eigenvalue weighted by Crippen LogP contribution is -2.35. The second-order valence-electron chi connectivity index (χ2n) is 4.35. The maximum absolute atomic E-state index is 11.9. The minimum atomic E-state index is -0.711. The number of fused-ring (bicyclic) bond motifs is 1. The first-order valence-electron chi connectivity index (χ1n) is 5.44. The monoisotopic (exact) mass is 243 g/mol. The van der Waals surface area contributed by atoms with Gasteiger partial charge in [0.05, 0.1) is 17.1 Å². The summed E-state index contributed by atoms with van der Waals surface area (Å²) in [5, 5.41) is 11.6. The molecule has 0 aromatic carbocycles. The third-order valence-electron chi connectivity index (χ3n) is 2.95. The molecule has 2 aromatic rings. The number of rotatable bonds is 2. The molecular weight excluding hydrogens is 234 g/mol. The van der Waals surface area contributed by atoms with Gasteiger partial charge >= 0.3 is 5.69 Å². The van der Waals surface area contributed by atoms with Gasteiger partial charge < -0.3 is 10.3 Å². The number of aromatic amines is 2. The molecule has 1 aliphatic carbocycles. The number of nitrogens with zero attached hydrogens (tertiary/aromatic N) is 2. The Morgan fingerprint density at radius 1 is 1.50 bits per heavy atom. The first-order valence-corrected chi connectivity index (χ1v) is 5.44. The summed E-state index contributed by atoms with van der Waals surface area (Å²) in [7, 11) is 0. The highest BCUT2D eigenvalue weighted by Crippen LogP contribution is 2.34. The molecular formula is C11H9N5O2. The minimum Gasteiger partial charge on any atom is -0.334 e. The van der Waals surface area contributed by atoms with Crippen molar-refractivity contribution in [2.24, 2.45) is 0 Å². The van der Waals surface area contributed by atoms with Crippen molar-refractivity contribution in [1.82, 2.24) is 20.3 Å². The van der Waals surface area contributed by atoms with Gasteiger partial charge in [0.2, 0.25) is 0 Å². The Bertz CT molecular complexity index is 732. The van der Waals surface area contributed by atoms with Gasteiger partial charge in [-0.2, -0.15) is 5.26 Å². The van der Waals surface area contributed by atoms with Gasteiger partial charge in [-0.15, -0.1) is 0 Å². The van der Waals surface area contributed by atoms with E-state index in [9.17, 15) is 9.59 Å². The maximum Gasteiger partial charge on any atom is 0.325 e. The topological polar surface area (TPSA) is 114 Å². The third kappa shape index (κ3) is 1.64. The minimum absolute atomic E-state index is 0.319. The number of H-pyrrole nitrogens is 2. The smallest absolute Gasteiger partial charge is 0.325 e. The van der Waals surface area contributed by atoms with Crippen LogP contribution in [-0.2, 0) is 0 Å². The van der Waals surface area contributed by atoms with Crippen LogP contribution < -0.4 is 11.0 Å². The van der Waals surface area contributed by atoms with E-state index < -0.39 is 5.54 Å². The van der Waals surface area contributed by atoms with E-state index >= 15 is 0 Å². The second-order valence-corrected chi connectivity index (χ2v) is 4.35. The fourth-order valence-corrected chi connectivity index (χ4v) is 1.72. The van der Waals surface area contributed by atoms with E-state index in [0.717, 1.165) is 0 Å². The predicted octanol–water partition coefficient (Wildman–Crippen LogP) is 0.0372. The van der Waals surface area contributed by atoms with Gasteiger partial charge in [-0.1, -0.05) is 0 Å². The largest absolute Gasteiger partial charge is 0.334 e. The van der Waals surface area contributed by atoms with E-state index in [0.29, 0.717) is 29.6 Å². The number of imidazole rings is 1. The SMILES string of the molecule is N#CC1(NC(=O)c2cnc3[nH]c(=O)[nH]c3c2)CC1. The lowest BCUT2D eigenvalue weighted by atomic mass is 10.2. The highest BCUT2D eigenvalue weighted by atomic mass is 16.2. The van der Waals surface area contributed by atoms with Crippen LogP contribution in [0, 0.1) is 11.3 Å². The van der Waals surface area contributed by atoms with E-state index in [2.05, 4.69) is 26.3 Å². The summed E-state index contributed by atoms with van der Waals surface area (Å²) in [5.41, 5.74) is 0.106. The van der Waals surface area contributed by atoms with Gasteiger partial charge in [-0.05, 0) is 18.9 Å². The highest BCUT2D eigenvalue weighted by molar-refractivity contribution is 5.97. The summed E-state index contributed by atoms with van der Waals surface area (Å²) in [6.07, 6.45) is 2.71. The standard InChI is InChI=1S/C11H9N5O2/c12-5-11(1-2-11)16-9(17)6-3-7-8(13-4-6)15-10(18)14-7/h3-4H,1-2H2,(H,16,17)(H2,13,14,15,18). The lowest BCUT2D eigenvalue weighted by Gasteiger charge is -2.08. The highest BCUT2D eigenvalue weighted by Gasteiger charge is 2.44. The molecule has 3 rings (SSSR count). The van der Waals surface area contributed by atoms with Crippen LogP contribution in [0.25, 0.3) is 11.2 Å². The van der Waals surface area contributed by atoms with Gasteiger partial charge in [0.25, 0.3) is 5.91 Å². The Morgan fingerprint density at radius 2 is 2.28 bits per heavy atom. The summed E-state index contributed by atoms with van der Waals surface area (Å²) in [4.78, 5) is 32.0. The molecule has 0 bridgehead atoms. The molecule has 0 radical (unpaired) electrons. The molecule has 90 valence electrons. The van der Waals surface area contributed by atoms with Crippen molar-refractivity contribution in [3.63, 3.8) is 0 Å². The zero-order valence-electron chi connectivity index (χ0n) is 9.28. The Balaban J connectivity index is 1.92. The molecule has 1 amide bonds. The second kappa shape index (κ2) is 3.43. The Hall–Kier alpha value is -2.62. The van der Waals surface area contributed by atoms with Crippen molar-refractivity contribution in [3.8, 4) is 6.07 Å². The zero-order valence-corrected chi connectivity index (χ0v) is 9.28. The molecule has 0 unspecified atom stereocenters. The molecule has 18 heavy (non-hydrogen) atoms. The van der Waals surface area contributed by atoms with Crippen molar-refractivity contribution in [1.29, 1.82) is 5.26 Å². The summed E-state index contributed by atoms with van der Waals surface area (Å²) in [6, 6.07) is 3.61. The third-order valence-corrected chi connectivity index (χ3v) is 2.95. The first kappa shape index (κ1) is 10.5. The van der Waals surface area contributed by atoms with Crippen molar-refractivity contribution in [3.05, 3.63) is 28.3 Å². The molecule has 1 aliphatic rings. The Kier molecular flexibility index (Phi) is 2.01. The molecule has 7 nitrogen and oxygen atoms in total. The molecule has 0 spiro atoms. The first-order chi connectivity index (χ1) is 8.62. The predicted molar refractivity (Wildman–Crippen MR) is 61.8 cm³/mol. The van der Waals surface area contributed by atoms with Crippen LogP contribution >= 0.6 is 0 Å². The van der Waals surface area contributed by atoms with Crippen LogP contribution in [0.2, 0.25) is 0 Å². The zero-order chi connectivity index (χ0) is 12.8. The van der Waals surface area contributed by atoms with Crippen LogP contribution in [-0.4, -0.2) is 26.4 Å². The number of amides is 1. The van der Waals surface area contributed by atoms with Crippen molar-refractivity contribution < 1.29 is 4.79 Å². The number of hydrogen-bond acceptors (Lipinski definition) is 4. The van der Waals surface area contributed by atoms with Crippen LogP contribution in [0.15, 0.2) is 17.1 Å². The van der Waals surface area contributed by atoms with Gasteiger partial charge in [-0.3, -0.25) is 9.78 Å². The summed E-state index contributed by atoms with van der Waals surface area (Å²) in [6.45, 7) is 0. The van der Waals surface area contributed by atoms with Crippen LogP contribution in [0.4, 0.5) is 0 Å². The molecule has 0 atom stereocenters. The Labute approximate surface area is 101 Å². The number of carbonyl (C=O) groups excluding carboxylic acids is 1. The normalized spacial score (nSPS) is 16.2. The number of hydrogen-bond donors (Lipinski definition) is 3. The molecule has 3 N–H and O–H groups in total. The number of nitriles is 1. The molecule has 7 heteroatoms. The Morgan fingerprint density at radius 3 is 2.94 bits per heavy atom. The van der Waals surface area contributed by atoms with Crippen molar-refractivity contribution >= 4 is 17.1 Å². The van der Waals surface area contributed by atoms with Crippen molar-refractivity contribution in [2.75, 3.05) is 0 Å². The molecule has 2 heterocycles. The van der Waals surface area contributed by atoms with E-state index in [1.165, 1.54) is 12.3 Å². The van der Waals surface area contributed by atoms with E-state index in [4.69, 9.17) is 5.26 Å². The molecule has 0 saturated heterocycles. The van der Waals surface area contributed by atoms with Gasteiger partial charge in [0, 0.05) is 6.20 Å². The average molecular weight is 243 g/mol. The van der Waals surface area contributed by atoms with Crippen LogP contribution in [0.1, 0.15) is 23.2 Å². The molecule has 1 saturated carbocycles. The fourth-order valence-electron chi connectivity index (χ4n) is 1.72. The van der Waals surface area contributed by atoms with Gasteiger partial charge in [0.15, 0.2) is 5.65 Å². The fraction of sp³-hybridized carbons (Fsp3) is 0.273. The lowest BCUT2D eigenvalue weighted by molar-refractivity contribution is 0.0941. The number of nitrogens with one attached hydrogen (secondary N) is 3. The van der Waals surface area contributed by atoms with Crippen LogP contribution in [0.3, 0.4) is 0 Å². The number of aromatic nitrogens is 3. The van der Waals surface area contributed by atoms with E-state index in [1.807, 2.05) is 0 Å². The molecule has 1 fully saturated rings. The quantitative estimate of drug-likeness (QED) is 0.690. The van der Waals surface area contributed by atoms with E-state index in [1.54, 1.807) is 0 Å². The van der Waals surface area contributed by atoms with Crippen LogP contribution in [0.5, 0.6) is 0 Å². The molecule has 2 aromatic heterocycles.